The van der Waals surface area contributed by atoms with Crippen molar-refractivity contribution in [2.45, 2.75) is 26.8 Å². The molecule has 1 aromatic heterocycles. The minimum absolute atomic E-state index is 0.239. The van der Waals surface area contributed by atoms with E-state index in [2.05, 4.69) is 24.0 Å². The van der Waals surface area contributed by atoms with Gasteiger partial charge in [-0.1, -0.05) is 19.0 Å². The monoisotopic (exact) mass is 239 g/mol. The van der Waals surface area contributed by atoms with Gasteiger partial charge < -0.3 is 9.63 Å². The van der Waals surface area contributed by atoms with E-state index in [1.54, 1.807) is 0 Å². The summed E-state index contributed by atoms with van der Waals surface area (Å²) >= 11 is 0. The average Bonchev–Trinajstić information content (AvgIpc) is 2.56. The van der Waals surface area contributed by atoms with E-state index in [-0.39, 0.29) is 5.92 Å². The Morgan fingerprint density at radius 3 is 2.88 bits per heavy atom. The molecule has 0 aromatic carbocycles. The first-order valence-corrected chi connectivity index (χ1v) is 5.81. The zero-order valence-corrected chi connectivity index (χ0v) is 10.1. The Hall–Kier alpha value is -1.43. The number of aromatic nitrogens is 2. The second-order valence-electron chi connectivity index (χ2n) is 4.93. The normalized spacial score (nSPS) is 17.4. The van der Waals surface area contributed by atoms with Gasteiger partial charge in [0.2, 0.25) is 5.89 Å². The molecule has 6 nitrogen and oxygen atoms in total. The maximum atomic E-state index is 10.6. The lowest BCUT2D eigenvalue weighted by molar-refractivity contribution is -0.147. The Morgan fingerprint density at radius 2 is 2.29 bits per heavy atom. The van der Waals surface area contributed by atoms with Crippen LogP contribution in [0.5, 0.6) is 0 Å². The van der Waals surface area contributed by atoms with Gasteiger partial charge in [-0.3, -0.25) is 9.69 Å². The molecular weight excluding hydrogens is 222 g/mol. The van der Waals surface area contributed by atoms with E-state index >= 15 is 0 Å². The summed E-state index contributed by atoms with van der Waals surface area (Å²) in [7, 11) is 0. The van der Waals surface area contributed by atoms with Crippen molar-refractivity contribution in [1.82, 2.24) is 15.0 Å². The summed E-state index contributed by atoms with van der Waals surface area (Å²) in [6.07, 6.45) is 0.782. The zero-order valence-electron chi connectivity index (χ0n) is 10.1. The van der Waals surface area contributed by atoms with Crippen LogP contribution in [-0.4, -0.2) is 39.2 Å². The molecule has 17 heavy (non-hydrogen) atoms. The lowest BCUT2D eigenvalue weighted by Gasteiger charge is -2.35. The summed E-state index contributed by atoms with van der Waals surface area (Å²) in [5, 5.41) is 12.6. The molecule has 2 heterocycles. The Kier molecular flexibility index (Phi) is 3.42. The van der Waals surface area contributed by atoms with E-state index in [1.165, 1.54) is 0 Å². The van der Waals surface area contributed by atoms with Crippen molar-refractivity contribution >= 4 is 5.97 Å². The summed E-state index contributed by atoms with van der Waals surface area (Å²) in [6, 6.07) is 0. The van der Waals surface area contributed by atoms with Crippen LogP contribution >= 0.6 is 0 Å². The number of carbonyl (C=O) groups is 1. The molecule has 2 rings (SSSR count). The third-order valence-corrected chi connectivity index (χ3v) is 2.76. The number of carboxylic acid groups (broad SMARTS) is 1. The van der Waals surface area contributed by atoms with Crippen LogP contribution in [0.2, 0.25) is 0 Å². The van der Waals surface area contributed by atoms with Gasteiger partial charge in [0.15, 0.2) is 5.82 Å². The predicted octanol–water partition coefficient (Wildman–Crippen LogP) is 0.784. The molecule has 1 fully saturated rings. The van der Waals surface area contributed by atoms with E-state index < -0.39 is 5.97 Å². The fourth-order valence-corrected chi connectivity index (χ4v) is 1.84. The van der Waals surface area contributed by atoms with Gasteiger partial charge in [-0.25, -0.2) is 0 Å². The number of carboxylic acids is 1. The molecule has 0 atom stereocenters. The number of hydrogen-bond acceptors (Lipinski definition) is 5. The molecule has 0 radical (unpaired) electrons. The molecule has 1 aliphatic rings. The van der Waals surface area contributed by atoms with Crippen molar-refractivity contribution in [3.8, 4) is 0 Å². The minimum atomic E-state index is -0.727. The second-order valence-corrected chi connectivity index (χ2v) is 4.93. The maximum Gasteiger partial charge on any atom is 0.309 e. The lowest BCUT2D eigenvalue weighted by atomic mass is 10.0. The molecule has 0 spiro atoms. The maximum absolute atomic E-state index is 10.6. The van der Waals surface area contributed by atoms with Crippen molar-refractivity contribution in [3.63, 3.8) is 0 Å². The number of rotatable bonds is 5. The number of nitrogens with zero attached hydrogens (tertiary/aromatic N) is 3. The summed E-state index contributed by atoms with van der Waals surface area (Å²) in [6.45, 7) is 5.91. The highest BCUT2D eigenvalue weighted by atomic mass is 16.5. The SMILES string of the molecule is CC(C)Cc1nc(CN2CC(C(=O)O)C2)no1. The predicted molar refractivity (Wildman–Crippen MR) is 59.2 cm³/mol. The van der Waals surface area contributed by atoms with Gasteiger partial charge in [-0.15, -0.1) is 0 Å². The van der Waals surface area contributed by atoms with Crippen molar-refractivity contribution in [1.29, 1.82) is 0 Å². The van der Waals surface area contributed by atoms with Crippen LogP contribution < -0.4 is 0 Å². The van der Waals surface area contributed by atoms with Crippen LogP contribution in [0.1, 0.15) is 25.6 Å². The first-order chi connectivity index (χ1) is 8.04. The van der Waals surface area contributed by atoms with Crippen LogP contribution in [0.3, 0.4) is 0 Å². The summed E-state index contributed by atoms with van der Waals surface area (Å²) in [4.78, 5) is 16.9. The lowest BCUT2D eigenvalue weighted by Crippen LogP contribution is -2.49. The van der Waals surface area contributed by atoms with Crippen molar-refractivity contribution < 1.29 is 14.4 Å². The first-order valence-electron chi connectivity index (χ1n) is 5.81. The molecule has 0 amide bonds. The topological polar surface area (TPSA) is 79.5 Å². The summed E-state index contributed by atoms with van der Waals surface area (Å²) in [5.41, 5.74) is 0. The number of aliphatic carboxylic acids is 1. The molecule has 6 heteroatoms. The largest absolute Gasteiger partial charge is 0.481 e. The van der Waals surface area contributed by atoms with Crippen molar-refractivity contribution in [3.05, 3.63) is 11.7 Å². The van der Waals surface area contributed by atoms with Crippen LogP contribution in [-0.2, 0) is 17.8 Å². The Bertz CT molecular complexity index is 396. The molecule has 0 aliphatic carbocycles. The van der Waals surface area contributed by atoms with E-state index in [0.29, 0.717) is 37.3 Å². The average molecular weight is 239 g/mol. The molecule has 94 valence electrons. The molecule has 0 bridgehead atoms. The Morgan fingerprint density at radius 1 is 1.59 bits per heavy atom. The molecule has 0 unspecified atom stereocenters. The molecule has 0 saturated carbocycles. The van der Waals surface area contributed by atoms with Gasteiger partial charge in [0.25, 0.3) is 0 Å². The zero-order chi connectivity index (χ0) is 12.4. The van der Waals surface area contributed by atoms with Gasteiger partial charge in [0.05, 0.1) is 12.5 Å². The fourth-order valence-electron chi connectivity index (χ4n) is 1.84. The van der Waals surface area contributed by atoms with Crippen molar-refractivity contribution in [2.24, 2.45) is 11.8 Å². The molecule has 1 aliphatic heterocycles. The third kappa shape index (κ3) is 3.03. The van der Waals surface area contributed by atoms with E-state index in [4.69, 9.17) is 9.63 Å². The quantitative estimate of drug-likeness (QED) is 0.818. The first kappa shape index (κ1) is 12.0. The van der Waals surface area contributed by atoms with E-state index in [1.807, 2.05) is 4.90 Å². The van der Waals surface area contributed by atoms with E-state index in [9.17, 15) is 4.79 Å². The Balaban J connectivity index is 1.80. The smallest absolute Gasteiger partial charge is 0.309 e. The van der Waals surface area contributed by atoms with Gasteiger partial charge in [0.1, 0.15) is 0 Å². The van der Waals surface area contributed by atoms with Gasteiger partial charge in [-0.05, 0) is 5.92 Å². The molecule has 1 N–H and O–H groups in total. The highest BCUT2D eigenvalue weighted by Gasteiger charge is 2.33. The van der Waals surface area contributed by atoms with Crippen LogP contribution in [0.4, 0.5) is 0 Å². The van der Waals surface area contributed by atoms with Gasteiger partial charge in [-0.2, -0.15) is 4.98 Å². The van der Waals surface area contributed by atoms with Crippen LogP contribution in [0.15, 0.2) is 4.52 Å². The Labute approximate surface area is 99.6 Å². The fraction of sp³-hybridized carbons (Fsp3) is 0.727. The van der Waals surface area contributed by atoms with Gasteiger partial charge >= 0.3 is 5.97 Å². The standard InChI is InChI=1S/C11H17N3O3/c1-7(2)3-10-12-9(13-17-10)6-14-4-8(5-14)11(15)16/h7-8H,3-6H2,1-2H3,(H,15,16). The molecule has 1 saturated heterocycles. The highest BCUT2D eigenvalue weighted by Crippen LogP contribution is 2.17. The second kappa shape index (κ2) is 4.83. The van der Waals surface area contributed by atoms with E-state index in [0.717, 1.165) is 6.42 Å². The number of likely N-dealkylation sites (tertiary alicyclic amines) is 1. The highest BCUT2D eigenvalue weighted by molar-refractivity contribution is 5.71. The third-order valence-electron chi connectivity index (χ3n) is 2.76. The summed E-state index contributed by atoms with van der Waals surface area (Å²) < 4.78 is 5.12. The van der Waals surface area contributed by atoms with Crippen molar-refractivity contribution in [2.75, 3.05) is 13.1 Å². The van der Waals surface area contributed by atoms with Crippen LogP contribution in [0.25, 0.3) is 0 Å². The van der Waals surface area contributed by atoms with Crippen LogP contribution in [0, 0.1) is 11.8 Å². The molecular formula is C11H17N3O3. The summed E-state index contributed by atoms with van der Waals surface area (Å²) in [5.74, 6) is 0.824. The number of hydrogen-bond donors (Lipinski definition) is 1. The minimum Gasteiger partial charge on any atom is -0.481 e. The molecule has 1 aromatic rings. The van der Waals surface area contributed by atoms with Gasteiger partial charge in [0, 0.05) is 19.5 Å².